The molecule has 0 saturated heterocycles. The summed E-state index contributed by atoms with van der Waals surface area (Å²) >= 11 is 7.47. The Bertz CT molecular complexity index is 1520. The molecule has 0 bridgehead atoms. The molecule has 4 aromatic rings. The molecule has 2 N–H and O–H groups in total. The Balaban J connectivity index is 1.58. The van der Waals surface area contributed by atoms with Crippen molar-refractivity contribution in [3.63, 3.8) is 0 Å². The number of sulfonamides is 1. The Kier molecular flexibility index (Phi) is 6.48. The molecule has 176 valence electrons. The maximum atomic E-state index is 14.2. The van der Waals surface area contributed by atoms with Gasteiger partial charge in [0.15, 0.2) is 0 Å². The monoisotopic (exact) mass is 521 g/mol. The van der Waals surface area contributed by atoms with Gasteiger partial charge >= 0.3 is 0 Å². The molecule has 0 saturated carbocycles. The van der Waals surface area contributed by atoms with E-state index < -0.39 is 21.7 Å². The second-order valence-electron chi connectivity index (χ2n) is 7.54. The van der Waals surface area contributed by atoms with Crippen LogP contribution in [0.3, 0.4) is 0 Å². The fraction of sp³-hybridized carbons (Fsp3) is 0.0870. The van der Waals surface area contributed by atoms with Gasteiger partial charge < -0.3 is 10.2 Å². The third-order valence-electron chi connectivity index (χ3n) is 4.84. The van der Waals surface area contributed by atoms with Gasteiger partial charge in [0, 0.05) is 39.9 Å². The zero-order valence-corrected chi connectivity index (χ0v) is 20.3. The fourth-order valence-electron chi connectivity index (χ4n) is 3.36. The molecule has 6 nitrogen and oxygen atoms in total. The van der Waals surface area contributed by atoms with Gasteiger partial charge in [-0.1, -0.05) is 11.6 Å². The van der Waals surface area contributed by atoms with Crippen LogP contribution in [-0.2, 0) is 10.0 Å². The number of hydrogen-bond acceptors (Lipinski definition) is 5. The maximum absolute atomic E-state index is 14.2. The number of benzene rings is 3. The minimum absolute atomic E-state index is 0.143. The van der Waals surface area contributed by atoms with Crippen molar-refractivity contribution in [1.82, 2.24) is 0 Å². The van der Waals surface area contributed by atoms with Crippen molar-refractivity contribution in [2.24, 2.45) is 0 Å². The number of amides is 1. The van der Waals surface area contributed by atoms with Gasteiger partial charge in [-0.25, -0.2) is 17.2 Å². The maximum Gasteiger partial charge on any atom is 0.265 e. The van der Waals surface area contributed by atoms with Crippen LogP contribution in [-0.4, -0.2) is 27.6 Å². The predicted octanol–water partition coefficient (Wildman–Crippen LogP) is 6.22. The van der Waals surface area contributed by atoms with Crippen molar-refractivity contribution in [1.29, 1.82) is 0 Å². The van der Waals surface area contributed by atoms with E-state index in [1.54, 1.807) is 49.5 Å². The quantitative estimate of drug-likeness (QED) is 0.315. The lowest BCUT2D eigenvalue weighted by Crippen LogP contribution is -2.13. The van der Waals surface area contributed by atoms with Crippen LogP contribution >= 0.6 is 22.9 Å². The summed E-state index contributed by atoms with van der Waals surface area (Å²) in [6.07, 6.45) is 1.06. The number of rotatable bonds is 6. The minimum atomic E-state index is -3.42. The highest BCUT2D eigenvalue weighted by atomic mass is 35.5. The van der Waals surface area contributed by atoms with Crippen LogP contribution in [0.1, 0.15) is 9.67 Å². The highest BCUT2D eigenvalue weighted by Gasteiger charge is 2.15. The number of carbonyl (C=O) groups excluding carboxylic acids is 1. The first-order valence-corrected chi connectivity index (χ1v) is 12.9. The van der Waals surface area contributed by atoms with Crippen molar-refractivity contribution in [2.45, 2.75) is 0 Å². The van der Waals surface area contributed by atoms with Crippen LogP contribution in [0.4, 0.5) is 31.5 Å². The number of nitrogens with one attached hydrogen (secondary N) is 2. The van der Waals surface area contributed by atoms with Gasteiger partial charge in [0.2, 0.25) is 10.0 Å². The second-order valence-corrected chi connectivity index (χ2v) is 10.8. The Morgan fingerprint density at radius 1 is 1.00 bits per heavy atom. The molecular formula is C23H18ClF2N3O3S2. The lowest BCUT2D eigenvalue weighted by molar-refractivity contribution is 0.103. The molecule has 34 heavy (non-hydrogen) atoms. The van der Waals surface area contributed by atoms with Gasteiger partial charge in [0.25, 0.3) is 5.91 Å². The number of fused-ring (bicyclic) bond motifs is 1. The zero-order chi connectivity index (χ0) is 24.6. The van der Waals surface area contributed by atoms with Crippen LogP contribution in [0, 0.1) is 11.6 Å². The van der Waals surface area contributed by atoms with Crippen LogP contribution in [0.25, 0.3) is 10.1 Å². The molecule has 0 radical (unpaired) electrons. The van der Waals surface area contributed by atoms with Crippen molar-refractivity contribution >= 4 is 71.7 Å². The molecule has 0 aliphatic rings. The molecule has 0 unspecified atom stereocenters. The number of hydrogen-bond donors (Lipinski definition) is 2. The van der Waals surface area contributed by atoms with Crippen LogP contribution in [0.5, 0.6) is 0 Å². The Morgan fingerprint density at radius 2 is 1.76 bits per heavy atom. The summed E-state index contributed by atoms with van der Waals surface area (Å²) in [5.41, 5.74) is 1.42. The summed E-state index contributed by atoms with van der Waals surface area (Å²) in [7, 11) is -1.82. The predicted molar refractivity (Wildman–Crippen MR) is 134 cm³/mol. The molecule has 0 fully saturated rings. The summed E-state index contributed by atoms with van der Waals surface area (Å²) in [5.74, 6) is -1.80. The molecule has 0 aliphatic heterocycles. The standard InChI is InChI=1S/C23H18ClF2N3O3S2/c1-29(20-5-3-15(25)11-19(20)26)18-10-14(24)9-17(12-18)27-23(30)22-8-13-7-16(28-34(2,31)32)4-6-21(13)33-22/h3-12,28H,1-2H3,(H,27,30). The number of halogens is 3. The summed E-state index contributed by atoms with van der Waals surface area (Å²) in [6.45, 7) is 0. The van der Waals surface area contributed by atoms with Gasteiger partial charge in [-0.05, 0) is 60.0 Å². The molecule has 0 aliphatic carbocycles. The first-order chi connectivity index (χ1) is 16.0. The minimum Gasteiger partial charge on any atom is -0.342 e. The highest BCUT2D eigenvalue weighted by Crippen LogP contribution is 2.33. The lowest BCUT2D eigenvalue weighted by atomic mass is 10.2. The van der Waals surface area contributed by atoms with E-state index in [1.807, 2.05) is 0 Å². The van der Waals surface area contributed by atoms with E-state index in [0.717, 1.165) is 23.1 Å². The molecule has 3 aromatic carbocycles. The van der Waals surface area contributed by atoms with E-state index in [2.05, 4.69) is 10.0 Å². The smallest absolute Gasteiger partial charge is 0.265 e. The lowest BCUT2D eigenvalue weighted by Gasteiger charge is -2.21. The Labute approximate surface area is 203 Å². The third-order valence-corrected chi connectivity index (χ3v) is 6.78. The van der Waals surface area contributed by atoms with Crippen LogP contribution in [0.2, 0.25) is 5.02 Å². The van der Waals surface area contributed by atoms with Crippen molar-refractivity contribution in [3.8, 4) is 0 Å². The van der Waals surface area contributed by atoms with Gasteiger partial charge in [-0.15, -0.1) is 11.3 Å². The SMILES string of the molecule is CN(c1cc(Cl)cc(NC(=O)c2cc3cc(NS(C)(=O)=O)ccc3s2)c1)c1ccc(F)cc1F. The molecule has 0 spiro atoms. The van der Waals surface area contributed by atoms with Crippen molar-refractivity contribution < 1.29 is 22.0 Å². The first-order valence-electron chi connectivity index (χ1n) is 9.80. The first kappa shape index (κ1) is 23.9. The molecule has 1 amide bonds. The topological polar surface area (TPSA) is 78.5 Å². The second kappa shape index (κ2) is 9.21. The number of anilines is 4. The highest BCUT2D eigenvalue weighted by molar-refractivity contribution is 7.92. The number of carbonyl (C=O) groups is 1. The van der Waals surface area contributed by atoms with Crippen molar-refractivity contribution in [3.05, 3.63) is 82.2 Å². The fourth-order valence-corrected chi connectivity index (χ4v) is 5.08. The molecule has 4 rings (SSSR count). The molecule has 1 aromatic heterocycles. The third kappa shape index (κ3) is 5.46. The summed E-state index contributed by atoms with van der Waals surface area (Å²) in [6, 6.07) is 14.7. The van der Waals surface area contributed by atoms with E-state index in [1.165, 1.54) is 22.3 Å². The molecular weight excluding hydrogens is 504 g/mol. The largest absolute Gasteiger partial charge is 0.342 e. The average molecular weight is 522 g/mol. The Hall–Kier alpha value is -3.21. The van der Waals surface area contributed by atoms with Gasteiger partial charge in [-0.2, -0.15) is 0 Å². The summed E-state index contributed by atoms with van der Waals surface area (Å²) < 4.78 is 53.6. The number of thiophene rings is 1. The average Bonchev–Trinajstić information content (AvgIpc) is 3.15. The number of nitrogens with zero attached hydrogens (tertiary/aromatic N) is 1. The van der Waals surface area contributed by atoms with Gasteiger partial charge in [0.05, 0.1) is 16.8 Å². The summed E-state index contributed by atoms with van der Waals surface area (Å²) in [5, 5.41) is 3.80. The van der Waals surface area contributed by atoms with Crippen LogP contribution in [0.15, 0.2) is 60.7 Å². The van der Waals surface area contributed by atoms with Crippen LogP contribution < -0.4 is 14.9 Å². The molecule has 11 heteroatoms. The molecule has 1 heterocycles. The summed E-state index contributed by atoms with van der Waals surface area (Å²) in [4.78, 5) is 14.8. The van der Waals surface area contributed by atoms with E-state index in [4.69, 9.17) is 11.6 Å². The van der Waals surface area contributed by atoms with Gasteiger partial charge in [0.1, 0.15) is 11.6 Å². The molecule has 0 atom stereocenters. The van der Waals surface area contributed by atoms with E-state index in [0.29, 0.717) is 32.3 Å². The van der Waals surface area contributed by atoms with Gasteiger partial charge in [-0.3, -0.25) is 9.52 Å². The van der Waals surface area contributed by atoms with E-state index in [9.17, 15) is 22.0 Å². The van der Waals surface area contributed by atoms with Crippen molar-refractivity contribution in [2.75, 3.05) is 28.2 Å². The van der Waals surface area contributed by atoms with E-state index >= 15 is 0 Å². The zero-order valence-electron chi connectivity index (χ0n) is 17.9. The van der Waals surface area contributed by atoms with E-state index in [-0.39, 0.29) is 11.6 Å². The normalized spacial score (nSPS) is 11.4. The Morgan fingerprint density at radius 3 is 2.47 bits per heavy atom.